The van der Waals surface area contributed by atoms with E-state index < -0.39 is 0 Å². The van der Waals surface area contributed by atoms with Gasteiger partial charge in [-0.05, 0) is 27.2 Å². The smallest absolute Gasteiger partial charge is 0.357 e. The van der Waals surface area contributed by atoms with Crippen molar-refractivity contribution in [2.75, 3.05) is 18.6 Å². The van der Waals surface area contributed by atoms with Crippen LogP contribution in [-0.4, -0.2) is 30.1 Å². The van der Waals surface area contributed by atoms with E-state index in [4.69, 9.17) is 4.74 Å². The number of ether oxygens (including phenoxy) is 1. The SMILES string of the molecule is CCOC(=O)c1csc(N(C)C(C)(C)CC)n1. The summed E-state index contributed by atoms with van der Waals surface area (Å²) in [5, 5.41) is 2.59. The van der Waals surface area contributed by atoms with Gasteiger partial charge in [-0.15, -0.1) is 11.3 Å². The first-order valence-corrected chi connectivity index (χ1v) is 6.66. The van der Waals surface area contributed by atoms with Crippen molar-refractivity contribution >= 4 is 22.4 Å². The zero-order valence-corrected chi connectivity index (χ0v) is 11.9. The molecule has 0 aromatic carbocycles. The predicted octanol–water partition coefficient (Wildman–Crippen LogP) is 2.94. The molecule has 1 rings (SSSR count). The summed E-state index contributed by atoms with van der Waals surface area (Å²) in [6, 6.07) is 0. The van der Waals surface area contributed by atoms with Gasteiger partial charge in [-0.1, -0.05) is 6.92 Å². The summed E-state index contributed by atoms with van der Waals surface area (Å²) in [5.74, 6) is -0.349. The molecule has 0 atom stereocenters. The Bertz CT molecular complexity index is 388. The van der Waals surface area contributed by atoms with E-state index in [1.54, 1.807) is 12.3 Å². The van der Waals surface area contributed by atoms with Crippen LogP contribution in [0, 0.1) is 0 Å². The van der Waals surface area contributed by atoms with Crippen LogP contribution in [0.25, 0.3) is 0 Å². The van der Waals surface area contributed by atoms with Crippen LogP contribution in [-0.2, 0) is 4.74 Å². The van der Waals surface area contributed by atoms with Gasteiger partial charge in [0, 0.05) is 18.0 Å². The summed E-state index contributed by atoms with van der Waals surface area (Å²) < 4.78 is 4.92. The number of carbonyl (C=O) groups excluding carboxylic acids is 1. The zero-order chi connectivity index (χ0) is 13.1. The topological polar surface area (TPSA) is 42.4 Å². The van der Waals surface area contributed by atoms with Crippen LogP contribution < -0.4 is 4.90 Å². The highest BCUT2D eigenvalue weighted by molar-refractivity contribution is 7.13. The van der Waals surface area contributed by atoms with Gasteiger partial charge in [0.1, 0.15) is 0 Å². The fourth-order valence-electron chi connectivity index (χ4n) is 1.21. The normalized spacial score (nSPS) is 11.4. The molecule has 96 valence electrons. The highest BCUT2D eigenvalue weighted by Crippen LogP contribution is 2.27. The maximum atomic E-state index is 11.5. The Balaban J connectivity index is 2.84. The Morgan fingerprint density at radius 2 is 2.18 bits per heavy atom. The van der Waals surface area contributed by atoms with Crippen molar-refractivity contribution < 1.29 is 9.53 Å². The molecule has 0 aliphatic carbocycles. The molecule has 0 unspecified atom stereocenters. The third kappa shape index (κ3) is 3.19. The molecule has 5 heteroatoms. The second-order valence-electron chi connectivity index (χ2n) is 4.46. The van der Waals surface area contributed by atoms with Crippen LogP contribution in [0.3, 0.4) is 0 Å². The number of esters is 1. The van der Waals surface area contributed by atoms with Crippen LogP contribution in [0.2, 0.25) is 0 Å². The number of hydrogen-bond acceptors (Lipinski definition) is 5. The lowest BCUT2D eigenvalue weighted by Crippen LogP contribution is -2.40. The largest absolute Gasteiger partial charge is 0.461 e. The summed E-state index contributed by atoms with van der Waals surface area (Å²) >= 11 is 1.47. The molecule has 0 radical (unpaired) electrons. The number of carbonyl (C=O) groups is 1. The van der Waals surface area contributed by atoms with E-state index in [2.05, 4.69) is 30.7 Å². The molecule has 0 saturated heterocycles. The van der Waals surface area contributed by atoms with Crippen LogP contribution in [0.4, 0.5) is 5.13 Å². The van der Waals surface area contributed by atoms with Crippen molar-refractivity contribution in [3.8, 4) is 0 Å². The first-order valence-electron chi connectivity index (χ1n) is 5.78. The fraction of sp³-hybridized carbons (Fsp3) is 0.667. The minimum Gasteiger partial charge on any atom is -0.461 e. The fourth-order valence-corrected chi connectivity index (χ4v) is 2.14. The Labute approximate surface area is 107 Å². The van der Waals surface area contributed by atoms with Crippen LogP contribution in [0.1, 0.15) is 44.6 Å². The summed E-state index contributed by atoms with van der Waals surface area (Å²) in [7, 11) is 2.00. The lowest BCUT2D eigenvalue weighted by atomic mass is 10.0. The van der Waals surface area contributed by atoms with E-state index in [0.29, 0.717) is 12.3 Å². The molecule has 0 spiro atoms. The van der Waals surface area contributed by atoms with Crippen LogP contribution >= 0.6 is 11.3 Å². The molecule has 1 aromatic rings. The van der Waals surface area contributed by atoms with Crippen LogP contribution in [0.15, 0.2) is 5.38 Å². The van der Waals surface area contributed by atoms with Gasteiger partial charge >= 0.3 is 5.97 Å². The van der Waals surface area contributed by atoms with Gasteiger partial charge in [-0.25, -0.2) is 9.78 Å². The molecule has 0 N–H and O–H groups in total. The van der Waals surface area contributed by atoms with Crippen LogP contribution in [0.5, 0.6) is 0 Å². The zero-order valence-electron chi connectivity index (χ0n) is 11.1. The number of rotatable bonds is 5. The highest BCUT2D eigenvalue weighted by atomic mass is 32.1. The average molecular weight is 256 g/mol. The Morgan fingerprint density at radius 1 is 1.53 bits per heavy atom. The number of hydrogen-bond donors (Lipinski definition) is 0. The molecule has 0 aliphatic heterocycles. The molecule has 1 heterocycles. The maximum absolute atomic E-state index is 11.5. The van der Waals surface area contributed by atoms with E-state index in [1.807, 2.05) is 7.05 Å². The lowest BCUT2D eigenvalue weighted by Gasteiger charge is -2.34. The summed E-state index contributed by atoms with van der Waals surface area (Å²) in [4.78, 5) is 17.9. The standard InChI is InChI=1S/C12H20N2O2S/c1-6-12(3,4)14(5)11-13-9(8-17-11)10(15)16-7-2/h8H,6-7H2,1-5H3. The second kappa shape index (κ2) is 5.49. The average Bonchev–Trinajstić information content (AvgIpc) is 2.77. The van der Waals surface area contributed by atoms with Gasteiger partial charge in [0.05, 0.1) is 6.61 Å². The van der Waals surface area contributed by atoms with Crippen molar-refractivity contribution in [1.29, 1.82) is 0 Å². The maximum Gasteiger partial charge on any atom is 0.357 e. The van der Waals surface area contributed by atoms with Crippen molar-refractivity contribution in [2.24, 2.45) is 0 Å². The van der Waals surface area contributed by atoms with Gasteiger partial charge in [-0.2, -0.15) is 0 Å². The number of thiazole rings is 1. The molecular formula is C12H20N2O2S. The Kier molecular flexibility index (Phi) is 4.51. The van der Waals surface area contributed by atoms with Gasteiger partial charge in [0.2, 0.25) is 0 Å². The van der Waals surface area contributed by atoms with Gasteiger partial charge in [-0.3, -0.25) is 0 Å². The minimum absolute atomic E-state index is 0.0315. The van der Waals surface area contributed by atoms with E-state index in [1.165, 1.54) is 11.3 Å². The summed E-state index contributed by atoms with van der Waals surface area (Å²) in [6.45, 7) is 8.60. The lowest BCUT2D eigenvalue weighted by molar-refractivity contribution is 0.0520. The molecule has 1 aromatic heterocycles. The number of anilines is 1. The van der Waals surface area contributed by atoms with E-state index in [9.17, 15) is 4.79 Å². The Morgan fingerprint density at radius 3 is 2.71 bits per heavy atom. The van der Waals surface area contributed by atoms with Crippen molar-refractivity contribution in [2.45, 2.75) is 39.7 Å². The van der Waals surface area contributed by atoms with E-state index in [0.717, 1.165) is 11.6 Å². The molecular weight excluding hydrogens is 236 g/mol. The summed E-state index contributed by atoms with van der Waals surface area (Å²) in [5.41, 5.74) is 0.426. The molecule has 0 aliphatic rings. The van der Waals surface area contributed by atoms with Crippen molar-refractivity contribution in [1.82, 2.24) is 4.98 Å². The van der Waals surface area contributed by atoms with E-state index >= 15 is 0 Å². The number of aromatic nitrogens is 1. The predicted molar refractivity (Wildman–Crippen MR) is 70.8 cm³/mol. The van der Waals surface area contributed by atoms with Crippen molar-refractivity contribution in [3.05, 3.63) is 11.1 Å². The van der Waals surface area contributed by atoms with Gasteiger partial charge in [0.25, 0.3) is 0 Å². The van der Waals surface area contributed by atoms with E-state index in [-0.39, 0.29) is 11.5 Å². The number of nitrogens with zero attached hydrogens (tertiary/aromatic N) is 2. The molecule has 0 fully saturated rings. The molecule has 0 amide bonds. The third-order valence-corrected chi connectivity index (χ3v) is 3.95. The second-order valence-corrected chi connectivity index (χ2v) is 5.30. The highest BCUT2D eigenvalue weighted by Gasteiger charge is 2.24. The monoisotopic (exact) mass is 256 g/mol. The minimum atomic E-state index is -0.349. The molecule has 4 nitrogen and oxygen atoms in total. The van der Waals surface area contributed by atoms with Crippen molar-refractivity contribution in [3.63, 3.8) is 0 Å². The quantitative estimate of drug-likeness (QED) is 0.760. The molecule has 17 heavy (non-hydrogen) atoms. The third-order valence-electron chi connectivity index (χ3n) is 3.04. The molecule has 0 bridgehead atoms. The van der Waals surface area contributed by atoms with Gasteiger partial charge < -0.3 is 9.64 Å². The Hall–Kier alpha value is -1.10. The summed E-state index contributed by atoms with van der Waals surface area (Å²) in [6.07, 6.45) is 1.01. The first-order chi connectivity index (χ1) is 7.92. The van der Waals surface area contributed by atoms with Gasteiger partial charge in [0.15, 0.2) is 10.8 Å². The first kappa shape index (κ1) is 14.0. The molecule has 0 saturated carbocycles.